The lowest BCUT2D eigenvalue weighted by molar-refractivity contribution is -0.124. The molecule has 1 unspecified atom stereocenters. The lowest BCUT2D eigenvalue weighted by Crippen LogP contribution is -2.40. The monoisotopic (exact) mass is 507 g/mol. The Morgan fingerprint density at radius 3 is 2.30 bits per heavy atom. The van der Waals surface area contributed by atoms with E-state index in [0.717, 1.165) is 15.4 Å². The molecule has 33 heavy (non-hydrogen) atoms. The number of benzene rings is 2. The van der Waals surface area contributed by atoms with Crippen LogP contribution in [0.4, 0.5) is 0 Å². The summed E-state index contributed by atoms with van der Waals surface area (Å²) in [5, 5.41) is -0.423. The maximum Gasteiger partial charge on any atom is 0.266 e. The smallest absolute Gasteiger partial charge is 0.266 e. The fourth-order valence-corrected chi connectivity index (χ4v) is 6.11. The molecule has 2 rings (SSSR count). The molecule has 0 N–H and O–H groups in total. The molecule has 0 aliphatic carbocycles. The van der Waals surface area contributed by atoms with E-state index in [-0.39, 0.29) is 28.0 Å². The number of hydrogen-bond acceptors (Lipinski definition) is 7. The largest absolute Gasteiger partial charge is 0.479 e. The number of hydrogen-bond donors (Lipinski definition) is 0. The quantitative estimate of drug-likeness (QED) is 0.413. The summed E-state index contributed by atoms with van der Waals surface area (Å²) in [6.45, 7) is 5.14. The number of Topliss-reactive ketones (excluding diaryl/α,β-unsaturated/α-hetero) is 1. The number of carbonyl (C=O) groups excluding carboxylic acids is 2. The molecule has 0 aliphatic rings. The van der Waals surface area contributed by atoms with Crippen LogP contribution in [0.1, 0.15) is 37.8 Å². The lowest BCUT2D eigenvalue weighted by Gasteiger charge is -2.26. The van der Waals surface area contributed by atoms with Gasteiger partial charge < -0.3 is 4.74 Å². The Kier molecular flexibility index (Phi) is 10.5. The molecule has 0 fully saturated rings. The highest BCUT2D eigenvalue weighted by Gasteiger charge is 2.30. The lowest BCUT2D eigenvalue weighted by atomic mass is 10.0. The van der Waals surface area contributed by atoms with Crippen LogP contribution in [0.3, 0.4) is 0 Å². The fourth-order valence-electron chi connectivity index (χ4n) is 3.13. The number of nitrogens with zero attached hydrogens (tertiary/aromatic N) is 1. The second kappa shape index (κ2) is 12.9. The number of thioether (sulfide) groups is 1. The van der Waals surface area contributed by atoms with Gasteiger partial charge >= 0.3 is 0 Å². The van der Waals surface area contributed by atoms with Gasteiger partial charge in [-0.3, -0.25) is 9.59 Å². The molecule has 1 atom stereocenters. The predicted octanol–water partition coefficient (Wildman–Crippen LogP) is 4.55. The highest BCUT2D eigenvalue weighted by molar-refractivity contribution is 8.23. The molecular formula is C24H29NO5S3. The first-order chi connectivity index (χ1) is 15.6. The molecule has 6 nitrogen and oxygen atoms in total. The van der Waals surface area contributed by atoms with Gasteiger partial charge in [-0.15, -0.1) is 0 Å². The van der Waals surface area contributed by atoms with Crippen LogP contribution in [0.15, 0.2) is 59.5 Å². The molecule has 0 saturated carbocycles. The molecular weight excluding hydrogens is 478 g/mol. The third-order valence-corrected chi connectivity index (χ3v) is 8.13. The number of rotatable bonds is 11. The third-order valence-electron chi connectivity index (χ3n) is 4.84. The number of aryl methyl sites for hydroxylation is 1. The van der Waals surface area contributed by atoms with Crippen molar-refractivity contribution in [2.75, 3.05) is 13.2 Å². The van der Waals surface area contributed by atoms with Gasteiger partial charge in [0.05, 0.1) is 11.5 Å². The summed E-state index contributed by atoms with van der Waals surface area (Å²) >= 11 is 6.41. The number of sulfonamides is 1. The molecule has 0 saturated heterocycles. The van der Waals surface area contributed by atoms with Crippen molar-refractivity contribution in [1.82, 2.24) is 4.31 Å². The molecule has 178 valence electrons. The van der Waals surface area contributed by atoms with E-state index in [1.165, 1.54) is 30.8 Å². The molecule has 2 aromatic carbocycles. The van der Waals surface area contributed by atoms with Crippen molar-refractivity contribution < 1.29 is 22.7 Å². The van der Waals surface area contributed by atoms with Gasteiger partial charge in [-0.2, -0.15) is 0 Å². The van der Waals surface area contributed by atoms with E-state index in [1.54, 1.807) is 19.1 Å². The highest BCUT2D eigenvalue weighted by atomic mass is 32.2. The van der Waals surface area contributed by atoms with Crippen LogP contribution in [-0.2, 0) is 30.8 Å². The van der Waals surface area contributed by atoms with E-state index in [9.17, 15) is 18.0 Å². The van der Waals surface area contributed by atoms with Crippen molar-refractivity contribution in [1.29, 1.82) is 0 Å². The number of thiocarbonyl (C=S) groups is 1. The van der Waals surface area contributed by atoms with E-state index in [0.29, 0.717) is 19.4 Å². The number of ether oxygens (including phenoxy) is 1. The summed E-state index contributed by atoms with van der Waals surface area (Å²) in [7, 11) is -4.05. The van der Waals surface area contributed by atoms with E-state index < -0.39 is 21.2 Å². The van der Waals surface area contributed by atoms with Crippen LogP contribution in [-0.4, -0.2) is 47.2 Å². The van der Waals surface area contributed by atoms with Crippen LogP contribution >= 0.6 is 24.0 Å². The summed E-state index contributed by atoms with van der Waals surface area (Å²) in [4.78, 5) is 24.9. The van der Waals surface area contributed by atoms with E-state index >= 15 is 0 Å². The van der Waals surface area contributed by atoms with Crippen LogP contribution in [0, 0.1) is 6.92 Å². The predicted molar refractivity (Wildman–Crippen MR) is 136 cm³/mol. The van der Waals surface area contributed by atoms with Gasteiger partial charge in [-0.1, -0.05) is 59.8 Å². The van der Waals surface area contributed by atoms with E-state index in [4.69, 9.17) is 17.0 Å². The molecule has 1 amide bonds. The molecule has 0 aromatic heterocycles. The molecule has 0 radical (unpaired) electrons. The summed E-state index contributed by atoms with van der Waals surface area (Å²) in [5.41, 5.74) is 1.83. The topological polar surface area (TPSA) is 80.8 Å². The zero-order chi connectivity index (χ0) is 24.4. The number of amides is 1. The van der Waals surface area contributed by atoms with Gasteiger partial charge in [0.2, 0.25) is 10.3 Å². The van der Waals surface area contributed by atoms with Crippen molar-refractivity contribution in [3.8, 4) is 0 Å². The molecule has 0 spiro atoms. The van der Waals surface area contributed by atoms with Crippen molar-refractivity contribution in [3.05, 3.63) is 65.7 Å². The first-order valence-corrected chi connectivity index (χ1v) is 13.3. The molecule has 0 bridgehead atoms. The molecule has 0 heterocycles. The van der Waals surface area contributed by atoms with Gasteiger partial charge in [0.25, 0.3) is 10.0 Å². The Hall–Kier alpha value is -2.23. The van der Waals surface area contributed by atoms with E-state index in [2.05, 4.69) is 0 Å². The van der Waals surface area contributed by atoms with Crippen molar-refractivity contribution in [2.45, 2.75) is 50.2 Å². The van der Waals surface area contributed by atoms with Crippen molar-refractivity contribution in [3.63, 3.8) is 0 Å². The van der Waals surface area contributed by atoms with Crippen LogP contribution in [0.5, 0.6) is 0 Å². The Bertz CT molecular complexity index is 1050. The van der Waals surface area contributed by atoms with Gasteiger partial charge in [0.15, 0.2) is 0 Å². The first-order valence-electron chi connectivity index (χ1n) is 10.6. The Balaban J connectivity index is 2.17. The minimum absolute atomic E-state index is 0.0323. The van der Waals surface area contributed by atoms with Crippen LogP contribution in [0.25, 0.3) is 0 Å². The van der Waals surface area contributed by atoms with Crippen LogP contribution < -0.4 is 0 Å². The molecule has 9 heteroatoms. The Labute approximate surface area is 205 Å². The first kappa shape index (κ1) is 27.0. The third kappa shape index (κ3) is 8.57. The summed E-state index contributed by atoms with van der Waals surface area (Å²) in [6.07, 6.45) is 0.889. The van der Waals surface area contributed by atoms with Gasteiger partial charge in [-0.25, -0.2) is 12.7 Å². The van der Waals surface area contributed by atoms with Crippen molar-refractivity contribution >= 4 is 50.1 Å². The standard InChI is InChI=1S/C24H29NO5S3/c1-4-30-24(31)32-22(13-12-21(27)16-20-8-6-5-7-9-20)17-25(19(3)26)33(28,29)23-14-10-18(2)11-15-23/h5-11,14-15,22H,4,12-13,16-17H2,1-3H3. The van der Waals surface area contributed by atoms with Crippen molar-refractivity contribution in [2.24, 2.45) is 0 Å². The zero-order valence-electron chi connectivity index (χ0n) is 19.0. The SMILES string of the molecule is CCOC(=S)SC(CCC(=O)Cc1ccccc1)CN(C(C)=O)S(=O)(=O)c1ccc(C)cc1. The number of ketones is 1. The minimum Gasteiger partial charge on any atom is -0.479 e. The zero-order valence-corrected chi connectivity index (χ0v) is 21.5. The number of carbonyl (C=O) groups is 2. The second-order valence-electron chi connectivity index (χ2n) is 7.53. The maximum atomic E-state index is 13.2. The Morgan fingerprint density at radius 2 is 1.73 bits per heavy atom. The average molecular weight is 508 g/mol. The van der Waals surface area contributed by atoms with Crippen LogP contribution in [0.2, 0.25) is 0 Å². The summed E-state index contributed by atoms with van der Waals surface area (Å²) < 4.78 is 32.8. The Morgan fingerprint density at radius 1 is 1.09 bits per heavy atom. The minimum atomic E-state index is -4.05. The normalized spacial score (nSPS) is 12.1. The fraction of sp³-hybridized carbons (Fsp3) is 0.375. The highest BCUT2D eigenvalue weighted by Crippen LogP contribution is 2.25. The summed E-state index contributed by atoms with van der Waals surface area (Å²) in [5.74, 6) is -0.566. The maximum absolute atomic E-state index is 13.2. The van der Waals surface area contributed by atoms with Gasteiger partial charge in [-0.05, 0) is 50.2 Å². The van der Waals surface area contributed by atoms with Gasteiger partial charge in [0.1, 0.15) is 5.78 Å². The average Bonchev–Trinajstić information content (AvgIpc) is 2.76. The summed E-state index contributed by atoms with van der Waals surface area (Å²) in [6, 6.07) is 15.8. The molecule has 2 aromatic rings. The van der Waals surface area contributed by atoms with Gasteiger partial charge in [0, 0.05) is 31.6 Å². The second-order valence-corrected chi connectivity index (χ2v) is 11.3. The van der Waals surface area contributed by atoms with E-state index in [1.807, 2.05) is 37.3 Å². The molecule has 0 aliphatic heterocycles.